The normalized spacial score (nSPS) is 21.1. The highest BCUT2D eigenvalue weighted by molar-refractivity contribution is 5.82. The van der Waals surface area contributed by atoms with Crippen LogP contribution < -0.4 is 11.1 Å². The highest BCUT2D eigenvalue weighted by Gasteiger charge is 2.48. The van der Waals surface area contributed by atoms with Gasteiger partial charge in [0, 0.05) is 13.0 Å². The molecule has 0 aromatic carbocycles. The minimum atomic E-state index is -1.50. The van der Waals surface area contributed by atoms with Gasteiger partial charge in [0.05, 0.1) is 13.2 Å². The molecule has 1 aliphatic heterocycles. The zero-order valence-corrected chi connectivity index (χ0v) is 32.9. The van der Waals surface area contributed by atoms with E-state index in [2.05, 4.69) is 19.2 Å². The van der Waals surface area contributed by atoms with Crippen LogP contribution in [-0.2, 0) is 14.3 Å². The number of carbonyl (C=O) groups excluding carboxylic acids is 2. The molecule has 0 saturated carbocycles. The summed E-state index contributed by atoms with van der Waals surface area (Å²) >= 11 is 0. The minimum Gasteiger partial charge on any atom is -0.394 e. The van der Waals surface area contributed by atoms with Gasteiger partial charge >= 0.3 is 0 Å². The maximum atomic E-state index is 13.8. The summed E-state index contributed by atoms with van der Waals surface area (Å²) in [6.07, 6.45) is 27.9. The van der Waals surface area contributed by atoms with Gasteiger partial charge in [0.1, 0.15) is 30.4 Å². The van der Waals surface area contributed by atoms with E-state index in [4.69, 9.17) is 10.5 Å². The highest BCUT2D eigenvalue weighted by Crippen LogP contribution is 2.26. The van der Waals surface area contributed by atoms with E-state index in [1.807, 2.05) is 0 Å². The van der Waals surface area contributed by atoms with Crippen molar-refractivity contribution in [2.45, 2.75) is 230 Å². The number of rotatable bonds is 34. The Morgan fingerprint density at radius 3 is 1.41 bits per heavy atom. The summed E-state index contributed by atoms with van der Waals surface area (Å²) in [4.78, 5) is 28.0. The van der Waals surface area contributed by atoms with Crippen molar-refractivity contribution in [3.63, 3.8) is 0 Å². The van der Waals surface area contributed by atoms with E-state index in [9.17, 15) is 30.0 Å². The first-order valence-electron chi connectivity index (χ1n) is 21.4. The fraction of sp³-hybridized carbons (Fsp3) is 0.951. The number of nitrogens with two attached hydrogens (primary N) is 1. The van der Waals surface area contributed by atoms with E-state index in [0.29, 0.717) is 13.0 Å². The summed E-state index contributed by atoms with van der Waals surface area (Å²) in [6.45, 7) is 3.73. The molecule has 1 fully saturated rings. The van der Waals surface area contributed by atoms with Gasteiger partial charge in [-0.05, 0) is 12.8 Å². The Labute approximate surface area is 312 Å². The molecule has 10 heteroatoms. The highest BCUT2D eigenvalue weighted by atomic mass is 16.5. The van der Waals surface area contributed by atoms with Gasteiger partial charge in [-0.2, -0.15) is 0 Å². The van der Waals surface area contributed by atoms with Gasteiger partial charge in [-0.1, -0.05) is 174 Å². The summed E-state index contributed by atoms with van der Waals surface area (Å²) in [5.74, 6) is -0.853. The number of aliphatic hydroxyl groups excluding tert-OH is 4. The monoisotopic (exact) mass is 728 g/mol. The van der Waals surface area contributed by atoms with Crippen molar-refractivity contribution >= 4 is 11.8 Å². The van der Waals surface area contributed by atoms with Gasteiger partial charge in [0.15, 0.2) is 6.23 Å². The molecule has 1 aliphatic rings. The van der Waals surface area contributed by atoms with Crippen LogP contribution in [0.1, 0.15) is 194 Å². The number of hydrogen-bond donors (Lipinski definition) is 6. The molecule has 7 N–H and O–H groups in total. The molecule has 6 atom stereocenters. The molecule has 302 valence electrons. The Balaban J connectivity index is 2.63. The molecule has 51 heavy (non-hydrogen) atoms. The van der Waals surface area contributed by atoms with Crippen molar-refractivity contribution < 1.29 is 34.8 Å². The van der Waals surface area contributed by atoms with Crippen LogP contribution in [0.2, 0.25) is 0 Å². The van der Waals surface area contributed by atoms with Crippen molar-refractivity contribution in [2.24, 2.45) is 5.73 Å². The van der Waals surface area contributed by atoms with E-state index in [-0.39, 0.29) is 5.91 Å². The summed E-state index contributed by atoms with van der Waals surface area (Å²) < 4.78 is 6.04. The zero-order chi connectivity index (χ0) is 37.5. The van der Waals surface area contributed by atoms with Crippen LogP contribution in [0.4, 0.5) is 0 Å². The van der Waals surface area contributed by atoms with Gasteiger partial charge in [-0.25, -0.2) is 0 Å². The van der Waals surface area contributed by atoms with Crippen molar-refractivity contribution in [3.8, 4) is 0 Å². The molecular weight excluding hydrogens is 646 g/mol. The minimum absolute atomic E-state index is 0.135. The summed E-state index contributed by atoms with van der Waals surface area (Å²) in [5, 5.41) is 43.6. The molecule has 0 spiro atoms. The molecule has 0 aliphatic carbocycles. The molecule has 0 radical (unpaired) electrons. The van der Waals surface area contributed by atoms with Crippen LogP contribution in [0.3, 0.4) is 0 Å². The molecular formula is C41H81N3O7. The molecule has 1 heterocycles. The van der Waals surface area contributed by atoms with Gasteiger partial charge in [0.2, 0.25) is 11.8 Å². The van der Waals surface area contributed by atoms with Crippen molar-refractivity contribution in [1.29, 1.82) is 0 Å². The SMILES string of the molecule is CCCCCCCCCCCCCCCCCC(=O)N(CCCCCCCCCCCCCC)[C@@H]1O[C@H](CO)[C@@H](O)[C@H](O)[C@H]1NC(=O)[C@@H](N)CO. The van der Waals surface area contributed by atoms with Gasteiger partial charge in [-0.15, -0.1) is 0 Å². The van der Waals surface area contributed by atoms with Crippen LogP contribution in [0.5, 0.6) is 0 Å². The largest absolute Gasteiger partial charge is 0.394 e. The number of nitrogens with one attached hydrogen (secondary N) is 1. The van der Waals surface area contributed by atoms with E-state index in [0.717, 1.165) is 44.9 Å². The van der Waals surface area contributed by atoms with E-state index >= 15 is 0 Å². The molecule has 0 aromatic heterocycles. The maximum absolute atomic E-state index is 13.8. The third-order valence-electron chi connectivity index (χ3n) is 10.6. The second-order valence-electron chi connectivity index (χ2n) is 15.2. The van der Waals surface area contributed by atoms with E-state index in [1.165, 1.54) is 128 Å². The summed E-state index contributed by atoms with van der Waals surface area (Å²) in [7, 11) is 0. The number of hydrogen-bond acceptors (Lipinski definition) is 8. The third kappa shape index (κ3) is 21.9. The van der Waals surface area contributed by atoms with Gasteiger partial charge in [0.25, 0.3) is 0 Å². The molecule has 1 saturated heterocycles. The van der Waals surface area contributed by atoms with Crippen LogP contribution in [0.15, 0.2) is 0 Å². The number of unbranched alkanes of at least 4 members (excludes halogenated alkanes) is 25. The molecule has 2 amide bonds. The van der Waals surface area contributed by atoms with Gasteiger partial charge < -0.3 is 41.1 Å². The van der Waals surface area contributed by atoms with Gasteiger partial charge in [-0.3, -0.25) is 9.59 Å². The Morgan fingerprint density at radius 1 is 0.627 bits per heavy atom. The van der Waals surface area contributed by atoms with Crippen LogP contribution in [-0.4, -0.2) is 93.5 Å². The lowest BCUT2D eigenvalue weighted by molar-refractivity contribution is -0.231. The maximum Gasteiger partial charge on any atom is 0.239 e. The van der Waals surface area contributed by atoms with Crippen molar-refractivity contribution in [3.05, 3.63) is 0 Å². The quantitative estimate of drug-likeness (QED) is 0.0385. The molecule has 1 rings (SSSR count). The van der Waals surface area contributed by atoms with Crippen molar-refractivity contribution in [1.82, 2.24) is 10.2 Å². The predicted molar refractivity (Wildman–Crippen MR) is 207 cm³/mol. The fourth-order valence-electron chi connectivity index (χ4n) is 7.18. The van der Waals surface area contributed by atoms with E-state index < -0.39 is 55.7 Å². The molecule has 0 unspecified atom stereocenters. The standard InChI is InChI=1S/C41H81N3O7/c1-3-5-7-9-11-13-15-17-18-19-20-22-24-26-28-30-36(47)44(31-29-27-25-23-21-16-14-12-10-8-6-4-2)41-37(43-40(50)34(42)32-45)39(49)38(48)35(33-46)51-41/h34-35,37-39,41,45-46,48-49H,3-33,42H2,1-2H3,(H,43,50)/t34-,35+,37+,38+,39+,41+/m0/s1. The fourth-order valence-corrected chi connectivity index (χ4v) is 7.18. The number of carbonyl (C=O) groups is 2. The number of ether oxygens (including phenoxy) is 1. The third-order valence-corrected chi connectivity index (χ3v) is 10.6. The van der Waals surface area contributed by atoms with Crippen LogP contribution in [0, 0.1) is 0 Å². The number of nitrogens with zero attached hydrogens (tertiary/aromatic N) is 1. The lowest BCUT2D eigenvalue weighted by atomic mass is 9.94. The first-order valence-corrected chi connectivity index (χ1v) is 21.4. The number of aliphatic hydroxyl groups is 4. The van der Waals surface area contributed by atoms with E-state index in [1.54, 1.807) is 4.90 Å². The Kier molecular flexibility index (Phi) is 30.1. The average molecular weight is 728 g/mol. The Morgan fingerprint density at radius 2 is 1.02 bits per heavy atom. The molecule has 10 nitrogen and oxygen atoms in total. The Bertz CT molecular complexity index is 835. The molecule has 0 bridgehead atoms. The second kappa shape index (κ2) is 32.2. The summed E-state index contributed by atoms with van der Waals surface area (Å²) in [6, 6.07) is -2.40. The van der Waals surface area contributed by atoms with Crippen molar-refractivity contribution in [2.75, 3.05) is 19.8 Å². The average Bonchev–Trinajstić information content (AvgIpc) is 3.13. The van der Waals surface area contributed by atoms with Crippen LogP contribution >= 0.6 is 0 Å². The lowest BCUT2D eigenvalue weighted by Gasteiger charge is -2.47. The number of amides is 2. The van der Waals surface area contributed by atoms with Crippen LogP contribution in [0.25, 0.3) is 0 Å². The first kappa shape index (κ1) is 47.7. The smallest absolute Gasteiger partial charge is 0.239 e. The predicted octanol–water partition coefficient (Wildman–Crippen LogP) is 7.02. The summed E-state index contributed by atoms with van der Waals surface area (Å²) in [5.41, 5.74) is 5.74. The second-order valence-corrected chi connectivity index (χ2v) is 15.2. The lowest BCUT2D eigenvalue weighted by Crippen LogP contribution is -2.69. The Hall–Kier alpha value is -1.30. The first-order chi connectivity index (χ1) is 24.8. The topological polar surface area (TPSA) is 166 Å². The molecule has 0 aromatic rings. The zero-order valence-electron chi connectivity index (χ0n) is 32.9.